The summed E-state index contributed by atoms with van der Waals surface area (Å²) in [6.07, 6.45) is 2.39. The highest BCUT2D eigenvalue weighted by Gasteiger charge is 2.38. The number of benzene rings is 1. The summed E-state index contributed by atoms with van der Waals surface area (Å²) < 4.78 is 6.60. The van der Waals surface area contributed by atoms with Gasteiger partial charge in [0, 0.05) is 42.8 Å². The molecule has 2 unspecified atom stereocenters. The van der Waals surface area contributed by atoms with Crippen LogP contribution in [0.1, 0.15) is 26.2 Å². The molecule has 2 aliphatic rings. The molecule has 3 rings (SSSR count). The third-order valence-electron chi connectivity index (χ3n) is 4.69. The minimum absolute atomic E-state index is 0.0183. The van der Waals surface area contributed by atoms with Crippen molar-refractivity contribution >= 4 is 33.4 Å². The lowest BCUT2D eigenvalue weighted by molar-refractivity contribution is -0.139. The maximum Gasteiger partial charge on any atom is 0.228 e. The number of amides is 2. The Morgan fingerprint density at radius 2 is 2.21 bits per heavy atom. The fourth-order valence-corrected chi connectivity index (χ4v) is 3.92. The molecular weight excluding hydrogens is 372 g/mol. The van der Waals surface area contributed by atoms with Gasteiger partial charge < -0.3 is 14.5 Å². The van der Waals surface area contributed by atoms with E-state index < -0.39 is 0 Å². The van der Waals surface area contributed by atoms with Gasteiger partial charge in [-0.1, -0.05) is 22.0 Å². The van der Waals surface area contributed by atoms with Crippen LogP contribution in [0.5, 0.6) is 0 Å². The van der Waals surface area contributed by atoms with Gasteiger partial charge in [0.15, 0.2) is 0 Å². The van der Waals surface area contributed by atoms with Crippen molar-refractivity contribution in [3.8, 4) is 0 Å². The molecule has 5 nitrogen and oxygen atoms in total. The molecule has 2 fully saturated rings. The second-order valence-electron chi connectivity index (χ2n) is 6.39. The van der Waals surface area contributed by atoms with Crippen LogP contribution in [0.4, 0.5) is 5.69 Å². The Morgan fingerprint density at radius 3 is 2.96 bits per heavy atom. The van der Waals surface area contributed by atoms with Crippen LogP contribution in [0.15, 0.2) is 28.7 Å². The molecule has 24 heavy (non-hydrogen) atoms. The van der Waals surface area contributed by atoms with Crippen LogP contribution in [-0.2, 0) is 14.3 Å². The van der Waals surface area contributed by atoms with Crippen LogP contribution in [0.2, 0.25) is 0 Å². The molecule has 2 saturated heterocycles. The van der Waals surface area contributed by atoms with Gasteiger partial charge in [-0.05, 0) is 38.0 Å². The third kappa shape index (κ3) is 3.81. The lowest BCUT2D eigenvalue weighted by Gasteiger charge is -2.34. The summed E-state index contributed by atoms with van der Waals surface area (Å²) in [5, 5.41) is 0. The second-order valence-corrected chi connectivity index (χ2v) is 7.30. The van der Waals surface area contributed by atoms with E-state index in [4.69, 9.17) is 4.74 Å². The quantitative estimate of drug-likeness (QED) is 0.788. The van der Waals surface area contributed by atoms with E-state index >= 15 is 0 Å². The van der Waals surface area contributed by atoms with Gasteiger partial charge in [-0.2, -0.15) is 0 Å². The van der Waals surface area contributed by atoms with Gasteiger partial charge in [0.05, 0.1) is 12.0 Å². The second kappa shape index (κ2) is 7.66. The molecule has 2 atom stereocenters. The first-order valence-electron chi connectivity index (χ1n) is 8.54. The molecule has 2 amide bonds. The van der Waals surface area contributed by atoms with Crippen molar-refractivity contribution in [2.45, 2.75) is 32.3 Å². The Bertz CT molecular complexity index is 620. The molecule has 1 aromatic rings. The van der Waals surface area contributed by atoms with E-state index in [1.165, 1.54) is 0 Å². The fourth-order valence-electron chi connectivity index (χ4n) is 3.53. The summed E-state index contributed by atoms with van der Waals surface area (Å²) in [6.45, 7) is 4.53. The highest BCUT2D eigenvalue weighted by molar-refractivity contribution is 9.10. The van der Waals surface area contributed by atoms with E-state index in [1.54, 1.807) is 4.90 Å². The molecule has 0 saturated carbocycles. The van der Waals surface area contributed by atoms with Crippen molar-refractivity contribution in [3.63, 3.8) is 0 Å². The van der Waals surface area contributed by atoms with Crippen LogP contribution >= 0.6 is 15.9 Å². The molecule has 0 radical (unpaired) electrons. The van der Waals surface area contributed by atoms with Crippen molar-refractivity contribution in [1.82, 2.24) is 4.90 Å². The molecule has 2 heterocycles. The Hall–Kier alpha value is -1.40. The van der Waals surface area contributed by atoms with Crippen LogP contribution in [0.25, 0.3) is 0 Å². The average molecular weight is 395 g/mol. The smallest absolute Gasteiger partial charge is 0.228 e. The van der Waals surface area contributed by atoms with Gasteiger partial charge in [0.25, 0.3) is 0 Å². The first-order valence-corrected chi connectivity index (χ1v) is 9.34. The highest BCUT2D eigenvalue weighted by atomic mass is 79.9. The minimum Gasteiger partial charge on any atom is -0.377 e. The van der Waals surface area contributed by atoms with E-state index in [1.807, 2.05) is 36.1 Å². The third-order valence-corrected chi connectivity index (χ3v) is 5.18. The number of carbonyl (C=O) groups excluding carboxylic acids is 2. The molecule has 6 heteroatoms. The largest absolute Gasteiger partial charge is 0.377 e. The lowest BCUT2D eigenvalue weighted by atomic mass is 10.0. The molecule has 0 aliphatic carbocycles. The number of rotatable bonds is 4. The fraction of sp³-hybridized carbons (Fsp3) is 0.556. The van der Waals surface area contributed by atoms with E-state index in [0.29, 0.717) is 26.1 Å². The maximum absolute atomic E-state index is 12.8. The number of hydrogen-bond donors (Lipinski definition) is 0. The standard InChI is InChI=1S/C18H23BrN2O3/c1-2-24-16-7-4-8-20(12-16)18(23)13-9-17(22)21(11-13)15-6-3-5-14(19)10-15/h3,5-6,10,13,16H,2,4,7-9,11-12H2,1H3. The summed E-state index contributed by atoms with van der Waals surface area (Å²) in [5.74, 6) is -0.146. The normalized spacial score (nSPS) is 24.5. The van der Waals surface area contributed by atoms with Gasteiger partial charge in [0.2, 0.25) is 11.8 Å². The Kier molecular flexibility index (Phi) is 5.56. The van der Waals surface area contributed by atoms with E-state index in [0.717, 1.165) is 29.5 Å². The monoisotopic (exact) mass is 394 g/mol. The Labute approximate surface area is 151 Å². The highest BCUT2D eigenvalue weighted by Crippen LogP contribution is 2.29. The zero-order valence-corrected chi connectivity index (χ0v) is 15.5. The van der Waals surface area contributed by atoms with Crippen LogP contribution in [0.3, 0.4) is 0 Å². The predicted molar refractivity (Wildman–Crippen MR) is 95.8 cm³/mol. The molecule has 130 valence electrons. The molecule has 0 aromatic heterocycles. The van der Waals surface area contributed by atoms with Gasteiger partial charge >= 0.3 is 0 Å². The zero-order valence-electron chi connectivity index (χ0n) is 13.9. The zero-order chi connectivity index (χ0) is 17.1. The number of carbonyl (C=O) groups is 2. The number of piperidine rings is 1. The summed E-state index contributed by atoms with van der Waals surface area (Å²) in [6, 6.07) is 7.64. The minimum atomic E-state index is -0.253. The average Bonchev–Trinajstić information content (AvgIpc) is 2.96. The van der Waals surface area contributed by atoms with Crippen LogP contribution in [-0.4, -0.2) is 49.1 Å². The van der Waals surface area contributed by atoms with Gasteiger partial charge in [-0.25, -0.2) is 0 Å². The van der Waals surface area contributed by atoms with Crippen molar-refractivity contribution in [2.24, 2.45) is 5.92 Å². The summed E-state index contributed by atoms with van der Waals surface area (Å²) in [7, 11) is 0. The van der Waals surface area contributed by atoms with E-state index in [-0.39, 0.29) is 23.8 Å². The molecule has 2 aliphatic heterocycles. The predicted octanol–water partition coefficient (Wildman–Crippen LogP) is 2.83. The lowest BCUT2D eigenvalue weighted by Crippen LogP contribution is -2.46. The van der Waals surface area contributed by atoms with Gasteiger partial charge in [-0.15, -0.1) is 0 Å². The summed E-state index contributed by atoms with van der Waals surface area (Å²) in [5.41, 5.74) is 0.843. The molecule has 1 aromatic carbocycles. The first kappa shape index (κ1) is 17.4. The molecule has 0 spiro atoms. The van der Waals surface area contributed by atoms with Gasteiger partial charge in [0.1, 0.15) is 0 Å². The maximum atomic E-state index is 12.8. The number of hydrogen-bond acceptors (Lipinski definition) is 3. The number of ether oxygens (including phenoxy) is 1. The van der Waals surface area contributed by atoms with E-state index in [2.05, 4.69) is 15.9 Å². The van der Waals surface area contributed by atoms with E-state index in [9.17, 15) is 9.59 Å². The van der Waals surface area contributed by atoms with Crippen molar-refractivity contribution in [3.05, 3.63) is 28.7 Å². The van der Waals surface area contributed by atoms with Crippen LogP contribution < -0.4 is 4.90 Å². The topological polar surface area (TPSA) is 49.9 Å². The Balaban J connectivity index is 1.65. The van der Waals surface area contributed by atoms with Crippen LogP contribution in [0, 0.1) is 5.92 Å². The number of halogens is 1. The van der Waals surface area contributed by atoms with Crippen molar-refractivity contribution < 1.29 is 14.3 Å². The number of nitrogens with zero attached hydrogens (tertiary/aromatic N) is 2. The number of anilines is 1. The van der Waals surface area contributed by atoms with Gasteiger partial charge in [-0.3, -0.25) is 9.59 Å². The summed E-state index contributed by atoms with van der Waals surface area (Å²) in [4.78, 5) is 28.8. The number of likely N-dealkylation sites (tertiary alicyclic amines) is 1. The molecular formula is C18H23BrN2O3. The summed E-state index contributed by atoms with van der Waals surface area (Å²) >= 11 is 3.43. The first-order chi connectivity index (χ1) is 11.6. The van der Waals surface area contributed by atoms with Crippen molar-refractivity contribution in [1.29, 1.82) is 0 Å². The Morgan fingerprint density at radius 1 is 1.38 bits per heavy atom. The molecule has 0 bridgehead atoms. The van der Waals surface area contributed by atoms with Crippen molar-refractivity contribution in [2.75, 3.05) is 31.1 Å². The SMILES string of the molecule is CCOC1CCCN(C(=O)C2CC(=O)N(c3cccc(Br)c3)C2)C1. The molecule has 0 N–H and O–H groups in total.